The van der Waals surface area contributed by atoms with Crippen molar-refractivity contribution >= 4 is 41.1 Å². The van der Waals surface area contributed by atoms with Crippen molar-refractivity contribution < 1.29 is 19.1 Å². The first-order valence-corrected chi connectivity index (χ1v) is 10.4. The quantitative estimate of drug-likeness (QED) is 0.698. The first-order valence-electron chi connectivity index (χ1n) is 9.43. The lowest BCUT2D eigenvalue weighted by Gasteiger charge is -2.28. The van der Waals surface area contributed by atoms with Gasteiger partial charge >= 0.3 is 5.97 Å². The largest absolute Gasteiger partial charge is 0.452 e. The van der Waals surface area contributed by atoms with Gasteiger partial charge in [-0.2, -0.15) is 5.10 Å². The van der Waals surface area contributed by atoms with Crippen LogP contribution in [0.2, 0.25) is 0 Å². The Hall–Kier alpha value is -2.81. The third-order valence-electron chi connectivity index (χ3n) is 4.44. The summed E-state index contributed by atoms with van der Waals surface area (Å²) in [5.74, 6) is -0.130. The highest BCUT2D eigenvalue weighted by Gasteiger charge is 2.26. The molecule has 29 heavy (non-hydrogen) atoms. The molecule has 1 aromatic carbocycles. The number of esters is 1. The van der Waals surface area contributed by atoms with Crippen LogP contribution >= 0.6 is 11.8 Å². The summed E-state index contributed by atoms with van der Waals surface area (Å²) < 4.78 is 6.92. The first kappa shape index (κ1) is 20.9. The SMILES string of the molecule is CC(C)n1nccc1NC(=O)[C@@H](C)OC(=O)CCN1C(=O)CSc2ccccc21. The predicted octanol–water partition coefficient (Wildman–Crippen LogP) is 2.86. The van der Waals surface area contributed by atoms with Crippen molar-refractivity contribution in [3.05, 3.63) is 36.5 Å². The second kappa shape index (κ2) is 9.13. The minimum Gasteiger partial charge on any atom is -0.452 e. The molecule has 0 radical (unpaired) electrons. The lowest BCUT2D eigenvalue weighted by molar-refractivity contribution is -0.152. The lowest BCUT2D eigenvalue weighted by atomic mass is 10.2. The summed E-state index contributed by atoms with van der Waals surface area (Å²) in [6.45, 7) is 5.63. The van der Waals surface area contributed by atoms with E-state index in [2.05, 4.69) is 10.4 Å². The molecule has 1 atom stereocenters. The number of nitrogens with one attached hydrogen (secondary N) is 1. The Bertz CT molecular complexity index is 911. The molecular weight excluding hydrogens is 392 g/mol. The van der Waals surface area contributed by atoms with E-state index in [9.17, 15) is 14.4 Å². The van der Waals surface area contributed by atoms with Crippen molar-refractivity contribution in [1.82, 2.24) is 9.78 Å². The average Bonchev–Trinajstić information content (AvgIpc) is 3.15. The molecule has 2 aromatic rings. The van der Waals surface area contributed by atoms with Crippen LogP contribution in [0.1, 0.15) is 33.2 Å². The van der Waals surface area contributed by atoms with Gasteiger partial charge in [0.25, 0.3) is 5.91 Å². The molecule has 0 saturated carbocycles. The Morgan fingerprint density at radius 2 is 2.00 bits per heavy atom. The summed E-state index contributed by atoms with van der Waals surface area (Å²) in [6.07, 6.45) is 0.641. The highest BCUT2D eigenvalue weighted by atomic mass is 32.2. The summed E-state index contributed by atoms with van der Waals surface area (Å²) in [5, 5.41) is 6.87. The molecule has 9 heteroatoms. The molecule has 2 amide bonds. The fourth-order valence-electron chi connectivity index (χ4n) is 2.96. The molecule has 0 unspecified atom stereocenters. The van der Waals surface area contributed by atoms with Crippen molar-refractivity contribution in [1.29, 1.82) is 0 Å². The van der Waals surface area contributed by atoms with Crippen molar-refractivity contribution in [3.63, 3.8) is 0 Å². The molecule has 1 N–H and O–H groups in total. The number of fused-ring (bicyclic) bond motifs is 1. The molecule has 3 rings (SSSR count). The number of hydrogen-bond donors (Lipinski definition) is 1. The minimum absolute atomic E-state index is 0.00624. The van der Waals surface area contributed by atoms with Gasteiger partial charge in [0.2, 0.25) is 5.91 Å². The van der Waals surface area contributed by atoms with Gasteiger partial charge in [-0.05, 0) is 32.9 Å². The first-order chi connectivity index (χ1) is 13.9. The van der Waals surface area contributed by atoms with E-state index in [1.807, 2.05) is 38.1 Å². The highest BCUT2D eigenvalue weighted by Crippen LogP contribution is 2.34. The van der Waals surface area contributed by atoms with Gasteiger partial charge in [0.05, 0.1) is 24.1 Å². The molecule has 8 nitrogen and oxygen atoms in total. The van der Waals surface area contributed by atoms with Gasteiger partial charge in [-0.15, -0.1) is 11.8 Å². The van der Waals surface area contributed by atoms with Crippen LogP contribution in [-0.4, -0.2) is 46.0 Å². The molecule has 0 spiro atoms. The van der Waals surface area contributed by atoms with Crippen molar-refractivity contribution in [3.8, 4) is 0 Å². The summed E-state index contributed by atoms with van der Waals surface area (Å²) >= 11 is 1.49. The number of hydrogen-bond acceptors (Lipinski definition) is 6. The number of amides is 2. The van der Waals surface area contributed by atoms with Crippen LogP contribution in [0.5, 0.6) is 0 Å². The second-order valence-electron chi connectivity index (χ2n) is 6.93. The van der Waals surface area contributed by atoms with Crippen LogP contribution in [-0.2, 0) is 19.1 Å². The number of anilines is 2. The third kappa shape index (κ3) is 4.97. The molecule has 0 fully saturated rings. The number of aromatic nitrogens is 2. The number of carbonyl (C=O) groups is 3. The number of ether oxygens (including phenoxy) is 1. The van der Waals surface area contributed by atoms with Gasteiger partial charge in [-0.3, -0.25) is 14.4 Å². The smallest absolute Gasteiger partial charge is 0.308 e. The lowest BCUT2D eigenvalue weighted by Crippen LogP contribution is -2.38. The van der Waals surface area contributed by atoms with E-state index in [0.29, 0.717) is 11.6 Å². The Kier molecular flexibility index (Phi) is 6.58. The van der Waals surface area contributed by atoms with E-state index >= 15 is 0 Å². The van der Waals surface area contributed by atoms with Crippen LogP contribution in [0.3, 0.4) is 0 Å². The van der Waals surface area contributed by atoms with Gasteiger partial charge in [0.1, 0.15) is 5.82 Å². The van der Waals surface area contributed by atoms with Gasteiger partial charge in [0, 0.05) is 23.5 Å². The van der Waals surface area contributed by atoms with E-state index in [0.717, 1.165) is 10.6 Å². The fourth-order valence-corrected chi connectivity index (χ4v) is 3.90. The number of para-hydroxylation sites is 1. The topological polar surface area (TPSA) is 93.5 Å². The summed E-state index contributed by atoms with van der Waals surface area (Å²) in [7, 11) is 0. The number of benzene rings is 1. The van der Waals surface area contributed by atoms with E-state index in [1.165, 1.54) is 18.7 Å². The molecule has 2 heterocycles. The fraction of sp³-hybridized carbons (Fsp3) is 0.400. The summed E-state index contributed by atoms with van der Waals surface area (Å²) in [6, 6.07) is 9.35. The zero-order valence-electron chi connectivity index (χ0n) is 16.6. The number of nitrogens with zero attached hydrogens (tertiary/aromatic N) is 3. The van der Waals surface area contributed by atoms with E-state index < -0.39 is 18.0 Å². The molecule has 154 valence electrons. The summed E-state index contributed by atoms with van der Waals surface area (Å²) in [5.41, 5.74) is 0.800. The molecule has 0 aliphatic carbocycles. The molecule has 0 bridgehead atoms. The Labute approximate surface area is 173 Å². The zero-order chi connectivity index (χ0) is 21.0. The molecule has 1 aliphatic heterocycles. The summed E-state index contributed by atoms with van der Waals surface area (Å²) in [4.78, 5) is 39.4. The zero-order valence-corrected chi connectivity index (χ0v) is 17.4. The van der Waals surface area contributed by atoms with Gasteiger partial charge < -0.3 is 15.0 Å². The maximum atomic E-state index is 12.3. The van der Waals surface area contributed by atoms with Crippen molar-refractivity contribution in [2.45, 2.75) is 44.2 Å². The predicted molar refractivity (Wildman–Crippen MR) is 111 cm³/mol. The standard InChI is InChI=1S/C20H24N4O4S/c1-13(2)24-17(8-10-21-24)22-20(27)14(3)28-19(26)9-11-23-15-6-4-5-7-16(15)29-12-18(23)25/h4-8,10,13-14H,9,11-12H2,1-3H3,(H,22,27)/t14-/m1/s1. The van der Waals surface area contributed by atoms with Crippen LogP contribution in [0.4, 0.5) is 11.5 Å². The van der Waals surface area contributed by atoms with E-state index in [-0.39, 0.29) is 24.9 Å². The number of carbonyl (C=O) groups excluding carboxylic acids is 3. The molecule has 1 aromatic heterocycles. The van der Waals surface area contributed by atoms with Crippen molar-refractivity contribution in [2.75, 3.05) is 22.5 Å². The molecule has 1 aliphatic rings. The van der Waals surface area contributed by atoms with Crippen LogP contribution < -0.4 is 10.2 Å². The minimum atomic E-state index is -0.960. The Balaban J connectivity index is 1.53. The van der Waals surface area contributed by atoms with Crippen LogP contribution in [0.25, 0.3) is 0 Å². The van der Waals surface area contributed by atoms with Crippen molar-refractivity contribution in [2.24, 2.45) is 0 Å². The average molecular weight is 417 g/mol. The third-order valence-corrected chi connectivity index (χ3v) is 5.48. The second-order valence-corrected chi connectivity index (χ2v) is 7.95. The van der Waals surface area contributed by atoms with Gasteiger partial charge in [-0.25, -0.2) is 4.68 Å². The van der Waals surface area contributed by atoms with Gasteiger partial charge in [0.15, 0.2) is 6.10 Å². The monoisotopic (exact) mass is 416 g/mol. The van der Waals surface area contributed by atoms with E-state index in [1.54, 1.807) is 21.8 Å². The maximum Gasteiger partial charge on any atom is 0.308 e. The number of rotatable bonds is 7. The van der Waals surface area contributed by atoms with Crippen LogP contribution in [0, 0.1) is 0 Å². The van der Waals surface area contributed by atoms with E-state index in [4.69, 9.17) is 4.74 Å². The maximum absolute atomic E-state index is 12.3. The van der Waals surface area contributed by atoms with Gasteiger partial charge in [-0.1, -0.05) is 12.1 Å². The molecule has 0 saturated heterocycles. The Morgan fingerprint density at radius 1 is 1.24 bits per heavy atom. The Morgan fingerprint density at radius 3 is 2.76 bits per heavy atom. The highest BCUT2D eigenvalue weighted by molar-refractivity contribution is 8.00. The molecular formula is C20H24N4O4S. The van der Waals surface area contributed by atoms with Crippen LogP contribution in [0.15, 0.2) is 41.4 Å². The normalized spacial score (nSPS) is 14.5. The number of thioether (sulfide) groups is 1.